The van der Waals surface area contributed by atoms with Gasteiger partial charge in [0.15, 0.2) is 0 Å². The Hall–Kier alpha value is -1.33. The quantitative estimate of drug-likeness (QED) is 0.926. The molecule has 1 aromatic rings. The largest absolute Gasteiger partial charge is 0.373 e. The van der Waals surface area contributed by atoms with Crippen molar-refractivity contribution in [3.05, 3.63) is 22.8 Å². The second kappa shape index (κ2) is 7.09. The molecule has 5 nitrogen and oxygen atoms in total. The van der Waals surface area contributed by atoms with Crippen molar-refractivity contribution in [3.8, 4) is 0 Å². The van der Waals surface area contributed by atoms with E-state index in [1.165, 1.54) is 0 Å². The number of carbonyl (C=O) groups excluding carboxylic acids is 1. The standard InChI is InChI=1S/C15H23ClN4O/c1-11(2)10-19-6-8-20(9-7-19)15(21)14-12(16)4-5-13(17-3)18-14/h4-5,11H,6-10H2,1-3H3,(H,17,18). The fourth-order valence-electron chi connectivity index (χ4n) is 2.53. The van der Waals surface area contributed by atoms with Crippen LogP contribution < -0.4 is 5.32 Å². The lowest BCUT2D eigenvalue weighted by atomic mass is 10.2. The molecule has 0 unspecified atom stereocenters. The third-order valence-corrected chi connectivity index (χ3v) is 3.89. The van der Waals surface area contributed by atoms with Crippen LogP contribution in [0.2, 0.25) is 5.02 Å². The highest BCUT2D eigenvalue weighted by Crippen LogP contribution is 2.19. The Bertz CT molecular complexity index is 498. The highest BCUT2D eigenvalue weighted by molar-refractivity contribution is 6.33. The van der Waals surface area contributed by atoms with Gasteiger partial charge in [-0.15, -0.1) is 0 Å². The highest BCUT2D eigenvalue weighted by Gasteiger charge is 2.25. The molecule has 1 aromatic heterocycles. The summed E-state index contributed by atoms with van der Waals surface area (Å²) in [6.07, 6.45) is 0. The minimum atomic E-state index is -0.0821. The lowest BCUT2D eigenvalue weighted by molar-refractivity contribution is 0.0618. The van der Waals surface area contributed by atoms with Crippen LogP contribution in [0.1, 0.15) is 24.3 Å². The minimum Gasteiger partial charge on any atom is -0.373 e. The molecule has 1 amide bonds. The molecule has 116 valence electrons. The first-order valence-electron chi connectivity index (χ1n) is 7.37. The van der Waals surface area contributed by atoms with Crippen molar-refractivity contribution in [1.82, 2.24) is 14.8 Å². The smallest absolute Gasteiger partial charge is 0.274 e. The number of aromatic nitrogens is 1. The maximum Gasteiger partial charge on any atom is 0.274 e. The zero-order valence-electron chi connectivity index (χ0n) is 12.9. The van der Waals surface area contributed by atoms with Crippen molar-refractivity contribution in [2.45, 2.75) is 13.8 Å². The zero-order valence-corrected chi connectivity index (χ0v) is 13.7. The van der Waals surface area contributed by atoms with Gasteiger partial charge >= 0.3 is 0 Å². The summed E-state index contributed by atoms with van der Waals surface area (Å²) >= 11 is 6.12. The number of anilines is 1. The van der Waals surface area contributed by atoms with E-state index in [4.69, 9.17) is 11.6 Å². The van der Waals surface area contributed by atoms with Crippen molar-refractivity contribution < 1.29 is 4.79 Å². The van der Waals surface area contributed by atoms with E-state index in [9.17, 15) is 4.79 Å². The van der Waals surface area contributed by atoms with Gasteiger partial charge < -0.3 is 10.2 Å². The molecule has 1 aliphatic rings. The van der Waals surface area contributed by atoms with Crippen molar-refractivity contribution in [3.63, 3.8) is 0 Å². The SMILES string of the molecule is CNc1ccc(Cl)c(C(=O)N2CCN(CC(C)C)CC2)n1. The molecule has 0 bridgehead atoms. The van der Waals surface area contributed by atoms with Crippen LogP contribution >= 0.6 is 11.6 Å². The lowest BCUT2D eigenvalue weighted by Gasteiger charge is -2.35. The number of hydrogen-bond acceptors (Lipinski definition) is 4. The third-order valence-electron chi connectivity index (χ3n) is 3.59. The predicted octanol–water partition coefficient (Wildman–Crippen LogP) is 2.19. The third kappa shape index (κ3) is 4.08. The van der Waals surface area contributed by atoms with Crippen LogP contribution in [0.3, 0.4) is 0 Å². The van der Waals surface area contributed by atoms with Crippen LogP contribution in [0.5, 0.6) is 0 Å². The number of pyridine rings is 1. The Labute approximate surface area is 131 Å². The number of nitrogens with zero attached hydrogens (tertiary/aromatic N) is 3. The molecule has 0 atom stereocenters. The van der Waals surface area contributed by atoms with E-state index in [0.29, 0.717) is 22.5 Å². The predicted molar refractivity (Wildman–Crippen MR) is 86.0 cm³/mol. The molecule has 2 heterocycles. The van der Waals surface area contributed by atoms with Crippen LogP contribution in [0.4, 0.5) is 5.82 Å². The van der Waals surface area contributed by atoms with Crippen molar-refractivity contribution in [2.75, 3.05) is 45.1 Å². The van der Waals surface area contributed by atoms with Crippen molar-refractivity contribution in [2.24, 2.45) is 5.92 Å². The molecule has 21 heavy (non-hydrogen) atoms. The van der Waals surface area contributed by atoms with Gasteiger partial charge in [0.25, 0.3) is 5.91 Å². The van der Waals surface area contributed by atoms with Crippen LogP contribution in [0.15, 0.2) is 12.1 Å². The molecule has 0 aliphatic carbocycles. The lowest BCUT2D eigenvalue weighted by Crippen LogP contribution is -2.49. The molecule has 0 aromatic carbocycles. The monoisotopic (exact) mass is 310 g/mol. The molecule has 1 aliphatic heterocycles. The van der Waals surface area contributed by atoms with Gasteiger partial charge in [0.05, 0.1) is 5.02 Å². The van der Waals surface area contributed by atoms with Gasteiger partial charge in [-0.1, -0.05) is 25.4 Å². The molecular weight excluding hydrogens is 288 g/mol. The molecule has 0 saturated carbocycles. The number of halogens is 1. The summed E-state index contributed by atoms with van der Waals surface area (Å²) in [7, 11) is 1.77. The number of rotatable bonds is 4. The fourth-order valence-corrected chi connectivity index (χ4v) is 2.72. The Morgan fingerprint density at radius 3 is 2.57 bits per heavy atom. The number of amides is 1. The first-order chi connectivity index (χ1) is 10.0. The second-order valence-electron chi connectivity index (χ2n) is 5.76. The summed E-state index contributed by atoms with van der Waals surface area (Å²) in [5.41, 5.74) is 0.334. The maximum absolute atomic E-state index is 12.6. The van der Waals surface area contributed by atoms with Gasteiger partial charge in [-0.25, -0.2) is 4.98 Å². The Balaban J connectivity index is 2.02. The molecule has 6 heteroatoms. The number of hydrogen-bond donors (Lipinski definition) is 1. The van der Waals surface area contributed by atoms with E-state index in [0.717, 1.165) is 32.7 Å². The average Bonchev–Trinajstić information content (AvgIpc) is 2.47. The molecule has 0 spiro atoms. The normalized spacial score (nSPS) is 16.3. The second-order valence-corrected chi connectivity index (χ2v) is 6.17. The first kappa shape index (κ1) is 16.0. The van der Waals surface area contributed by atoms with Gasteiger partial charge in [-0.3, -0.25) is 9.69 Å². The Morgan fingerprint density at radius 1 is 1.33 bits per heavy atom. The summed E-state index contributed by atoms with van der Waals surface area (Å²) in [4.78, 5) is 21.1. The van der Waals surface area contributed by atoms with Gasteiger partial charge in [-0.2, -0.15) is 0 Å². The fraction of sp³-hybridized carbons (Fsp3) is 0.600. The minimum absolute atomic E-state index is 0.0821. The summed E-state index contributed by atoms with van der Waals surface area (Å²) < 4.78 is 0. The molecular formula is C15H23ClN4O. The van der Waals surface area contributed by atoms with E-state index in [-0.39, 0.29) is 5.91 Å². The van der Waals surface area contributed by atoms with Crippen LogP contribution in [0, 0.1) is 5.92 Å². The van der Waals surface area contributed by atoms with Gasteiger partial charge in [0, 0.05) is 39.8 Å². The maximum atomic E-state index is 12.6. The van der Waals surface area contributed by atoms with E-state index in [1.807, 2.05) is 4.90 Å². The molecule has 1 N–H and O–H groups in total. The first-order valence-corrected chi connectivity index (χ1v) is 7.75. The summed E-state index contributed by atoms with van der Waals surface area (Å²) in [6, 6.07) is 3.47. The molecule has 1 saturated heterocycles. The van der Waals surface area contributed by atoms with Crippen molar-refractivity contribution in [1.29, 1.82) is 0 Å². The van der Waals surface area contributed by atoms with Gasteiger partial charge in [0.2, 0.25) is 0 Å². The van der Waals surface area contributed by atoms with E-state index < -0.39 is 0 Å². The van der Waals surface area contributed by atoms with Crippen LogP contribution in [-0.4, -0.2) is 60.5 Å². The van der Waals surface area contributed by atoms with Crippen LogP contribution in [0.25, 0.3) is 0 Å². The van der Waals surface area contributed by atoms with Gasteiger partial charge in [-0.05, 0) is 18.1 Å². The molecule has 1 fully saturated rings. The van der Waals surface area contributed by atoms with E-state index in [2.05, 4.69) is 29.0 Å². The zero-order chi connectivity index (χ0) is 15.4. The Kier molecular flexibility index (Phi) is 5.42. The van der Waals surface area contributed by atoms with Crippen LogP contribution in [-0.2, 0) is 0 Å². The Morgan fingerprint density at radius 2 is 2.00 bits per heavy atom. The van der Waals surface area contributed by atoms with E-state index in [1.54, 1.807) is 19.2 Å². The molecule has 0 radical (unpaired) electrons. The van der Waals surface area contributed by atoms with Crippen molar-refractivity contribution >= 4 is 23.3 Å². The number of nitrogens with one attached hydrogen (secondary N) is 1. The summed E-state index contributed by atoms with van der Waals surface area (Å²) in [5.74, 6) is 1.22. The van der Waals surface area contributed by atoms with E-state index >= 15 is 0 Å². The van der Waals surface area contributed by atoms with Gasteiger partial charge in [0.1, 0.15) is 11.5 Å². The number of carbonyl (C=O) groups is 1. The number of piperazine rings is 1. The molecule has 2 rings (SSSR count). The summed E-state index contributed by atoms with van der Waals surface area (Å²) in [5, 5.41) is 3.34. The highest BCUT2D eigenvalue weighted by atomic mass is 35.5. The summed E-state index contributed by atoms with van der Waals surface area (Å²) in [6.45, 7) is 8.78. The average molecular weight is 311 g/mol. The topological polar surface area (TPSA) is 48.5 Å².